The number of hydrogen-bond donors (Lipinski definition) is 5. The number of anilines is 5. The van der Waals surface area contributed by atoms with Crippen LogP contribution in [0.15, 0.2) is 158 Å². The minimum absolute atomic E-state index is 0.0552. The molecule has 5 amide bonds. The summed E-state index contributed by atoms with van der Waals surface area (Å²) in [4.78, 5) is 103. The highest BCUT2D eigenvalue weighted by Crippen LogP contribution is 2.47. The molecule has 3 fully saturated rings. The molecule has 0 bridgehead atoms. The maximum atomic E-state index is 16.6. The fraction of sp³-hybridized carbons (Fsp3) is 0.345. The molecule has 5 N–H and O–H groups in total. The first kappa shape index (κ1) is 83.4. The van der Waals surface area contributed by atoms with Crippen LogP contribution in [0.5, 0.6) is 0 Å². The van der Waals surface area contributed by atoms with Gasteiger partial charge < -0.3 is 65.2 Å². The molecule has 9 aromatic rings. The topological polar surface area (TPSA) is 273 Å². The molecule has 3 aromatic heterocycles. The summed E-state index contributed by atoms with van der Waals surface area (Å²) >= 11 is 20.3. The van der Waals surface area contributed by atoms with Crippen molar-refractivity contribution in [1.29, 1.82) is 0 Å². The van der Waals surface area contributed by atoms with Crippen molar-refractivity contribution in [3.05, 3.63) is 240 Å². The van der Waals surface area contributed by atoms with E-state index in [0.717, 1.165) is 39.8 Å². The van der Waals surface area contributed by atoms with Crippen LogP contribution in [0.1, 0.15) is 107 Å². The van der Waals surface area contributed by atoms with Gasteiger partial charge in [-0.2, -0.15) is 9.97 Å². The number of carbonyl (C=O) groups excluding carboxylic acids is 5. The predicted octanol–water partition coefficient (Wildman–Crippen LogP) is 13.9. The Hall–Kier alpha value is -11.6. The number of piperazine rings is 3. The Kier molecular flexibility index (Phi) is 26.2. The van der Waals surface area contributed by atoms with Crippen LogP contribution in [0.2, 0.25) is 15.1 Å². The van der Waals surface area contributed by atoms with Gasteiger partial charge in [-0.05, 0) is 95.3 Å². The summed E-state index contributed by atoms with van der Waals surface area (Å²) in [5.74, 6) is -1.13. The zero-order chi connectivity index (χ0) is 83.0. The Balaban J connectivity index is 0.000000153. The van der Waals surface area contributed by atoms with Crippen molar-refractivity contribution in [3.8, 4) is 0 Å². The van der Waals surface area contributed by atoms with E-state index < -0.39 is 35.2 Å². The van der Waals surface area contributed by atoms with Crippen molar-refractivity contribution in [1.82, 2.24) is 54.4 Å². The van der Waals surface area contributed by atoms with Gasteiger partial charge in [0.05, 0.1) is 17.3 Å². The molecule has 24 nitrogen and oxygen atoms in total. The van der Waals surface area contributed by atoms with Gasteiger partial charge in [0.25, 0.3) is 0 Å². The summed E-state index contributed by atoms with van der Waals surface area (Å²) in [6.45, 7) is 14.1. The van der Waals surface area contributed by atoms with E-state index in [1.165, 1.54) is 22.2 Å². The van der Waals surface area contributed by atoms with Crippen molar-refractivity contribution in [2.24, 2.45) is 0 Å². The molecule has 0 unspecified atom stereocenters. The highest BCUT2D eigenvalue weighted by Gasteiger charge is 2.36. The van der Waals surface area contributed by atoms with Crippen molar-refractivity contribution < 1.29 is 52.5 Å². The molecule has 610 valence electrons. The largest absolute Gasteiger partial charge is 0.512 e. The summed E-state index contributed by atoms with van der Waals surface area (Å²) in [7, 11) is 6.73. The van der Waals surface area contributed by atoms with Crippen molar-refractivity contribution in [2.45, 2.75) is 76.5 Å². The summed E-state index contributed by atoms with van der Waals surface area (Å²) in [6, 6.07) is 27.9. The number of amides is 5. The monoisotopic (exact) mass is 1650 g/mol. The number of nitrogens with zero attached hydrogens (tertiary/aromatic N) is 14. The van der Waals surface area contributed by atoms with Crippen molar-refractivity contribution in [2.75, 3.05) is 145 Å². The van der Waals surface area contributed by atoms with Gasteiger partial charge in [0.15, 0.2) is 17.5 Å². The van der Waals surface area contributed by atoms with E-state index in [-0.39, 0.29) is 127 Å². The average Bonchev–Trinajstić information content (AvgIpc) is 0.826. The third-order valence-corrected chi connectivity index (χ3v) is 22.8. The second kappa shape index (κ2) is 36.7. The molecule has 3 saturated heterocycles. The molecule has 0 saturated carbocycles. The first-order valence-corrected chi connectivity index (χ1v) is 40.1. The summed E-state index contributed by atoms with van der Waals surface area (Å²) in [6.07, 6.45) is 13.8. The van der Waals surface area contributed by atoms with Crippen LogP contribution in [0, 0.1) is 17.5 Å². The SMILES string of the molecule is C/C=C/C(=O)N1CCN(c2nc(NCCC(=O)N(C)C)nc3c(F)c([C@H]4C=C(O)Cc5ccccc54)c(Cl)cc23)CC1.C=CC(=O)N1CCN(c2nc(NCCC(=O)N(C)C)nc3c(F)c([C@H]4C=C(O)Cc5ccccc54)c(Cl)cc23)CC1.CCCC(=O)N1CCN(c2ncnc3c(F)c([C@@H]4C=C(O)Cc5ccccc54)c(Cl)cc23)CC1. The van der Waals surface area contributed by atoms with Crippen LogP contribution in [-0.2, 0) is 43.2 Å². The highest BCUT2D eigenvalue weighted by molar-refractivity contribution is 6.33. The number of aliphatic hydroxyl groups excluding tert-OH is 3. The number of nitrogens with one attached hydrogen (secondary N) is 2. The maximum absolute atomic E-state index is 16.6. The predicted molar refractivity (Wildman–Crippen MR) is 452 cm³/mol. The minimum Gasteiger partial charge on any atom is -0.512 e. The molecule has 6 heterocycles. The molecule has 0 radical (unpaired) electrons. The molecular weight excluding hydrogens is 1560 g/mol. The van der Waals surface area contributed by atoms with Crippen LogP contribution in [0.3, 0.4) is 0 Å². The summed E-state index contributed by atoms with van der Waals surface area (Å²) in [5.41, 5.74) is 6.51. The van der Waals surface area contributed by atoms with E-state index in [0.29, 0.717) is 143 Å². The molecule has 30 heteroatoms. The van der Waals surface area contributed by atoms with Crippen LogP contribution < -0.4 is 25.3 Å². The molecule has 3 aliphatic heterocycles. The smallest absolute Gasteiger partial charge is 0.246 e. The number of halogens is 6. The van der Waals surface area contributed by atoms with Crippen molar-refractivity contribution >= 4 is 126 Å². The second-order valence-corrected chi connectivity index (χ2v) is 31.0. The van der Waals surface area contributed by atoms with Gasteiger partial charge in [-0.25, -0.2) is 33.1 Å². The fourth-order valence-electron chi connectivity index (χ4n) is 15.8. The molecule has 117 heavy (non-hydrogen) atoms. The summed E-state index contributed by atoms with van der Waals surface area (Å²) in [5, 5.41) is 39.6. The number of rotatable bonds is 18. The number of benzene rings is 6. The van der Waals surface area contributed by atoms with E-state index in [4.69, 9.17) is 44.8 Å². The van der Waals surface area contributed by atoms with Crippen LogP contribution in [0.25, 0.3) is 32.7 Å². The number of hydrogen-bond acceptors (Lipinski definition) is 19. The van der Waals surface area contributed by atoms with E-state index >= 15 is 13.2 Å². The van der Waals surface area contributed by atoms with Crippen LogP contribution in [-0.4, -0.2) is 219 Å². The lowest BCUT2D eigenvalue weighted by molar-refractivity contribution is -0.131. The molecule has 15 rings (SSSR count). The van der Waals surface area contributed by atoms with Gasteiger partial charge in [0.2, 0.25) is 41.4 Å². The Morgan fingerprint density at radius 3 is 1.23 bits per heavy atom. The van der Waals surface area contributed by atoms with E-state index in [1.54, 1.807) is 93.5 Å². The molecule has 0 spiro atoms. The Morgan fingerprint density at radius 2 is 0.855 bits per heavy atom. The lowest BCUT2D eigenvalue weighted by Gasteiger charge is -2.36. The number of aromatic nitrogens is 6. The highest BCUT2D eigenvalue weighted by atomic mass is 35.5. The second-order valence-electron chi connectivity index (χ2n) is 29.8. The normalized spacial score (nSPS) is 17.2. The quantitative estimate of drug-likeness (QED) is 0.0499. The van der Waals surface area contributed by atoms with Gasteiger partial charge in [-0.1, -0.05) is 127 Å². The fourth-order valence-corrected chi connectivity index (χ4v) is 16.7. The molecule has 6 aliphatic rings. The van der Waals surface area contributed by atoms with Crippen LogP contribution in [0.4, 0.5) is 42.5 Å². The standard InChI is InChI=1S/C31H34ClFN6O3.C30H32ClFN6O3.C26H26ClFN4O2/c1-4-7-26(42)38-12-14-39(15-13-38)30-23-18-24(32)27(22-17-20(40)16-19-8-5-6-9-21(19)22)28(33)29(23)35-31(36-30)34-11-10-25(41)37(2)3;1-4-24(40)37-11-13-38(14-12-37)29-22-17-23(31)26(21-16-19(39)15-18-7-5-6-8-20(18)21)27(32)28(22)34-30(35-29)33-10-9-25(41)36(2)3;1-2-5-22(34)31-8-10-32(11-9-31)26-20-14-21(27)23(24(28)25(20)29-15-30-26)19-13-17(33)12-16-6-3-4-7-18(16)19/h4-9,17-18,22,40H,10-16H2,1-3H3,(H,34,35,36);4-8,16-17,21,39H,1,9-15H2,2-3H3,(H,33,34,35);3-4,6-7,13-15,19,33H,2,5,8-12H2,1H3/b7-4+;;/t22-;21-;19-/m001/s1. The summed E-state index contributed by atoms with van der Waals surface area (Å²) < 4.78 is 49.2. The molecule has 6 aromatic carbocycles. The lowest BCUT2D eigenvalue weighted by atomic mass is 9.82. The van der Waals surface area contributed by atoms with Gasteiger partial charge in [0.1, 0.15) is 40.3 Å². The van der Waals surface area contributed by atoms with E-state index in [1.807, 2.05) is 94.4 Å². The number of carbonyl (C=O) groups is 5. The van der Waals surface area contributed by atoms with Gasteiger partial charge in [0, 0.05) is 224 Å². The minimum atomic E-state index is -0.602. The van der Waals surface area contributed by atoms with E-state index in [9.17, 15) is 39.3 Å². The van der Waals surface area contributed by atoms with Gasteiger partial charge in [-0.15, -0.1) is 0 Å². The zero-order valence-corrected chi connectivity index (χ0v) is 68.2. The zero-order valence-electron chi connectivity index (χ0n) is 65.9. The Bertz CT molecular complexity index is 5470. The molecule has 3 atom stereocenters. The van der Waals surface area contributed by atoms with Crippen molar-refractivity contribution in [3.63, 3.8) is 0 Å². The van der Waals surface area contributed by atoms with E-state index in [2.05, 4.69) is 42.0 Å². The van der Waals surface area contributed by atoms with Gasteiger partial charge >= 0.3 is 0 Å². The Labute approximate surface area is 691 Å². The van der Waals surface area contributed by atoms with Gasteiger partial charge in [-0.3, -0.25) is 24.0 Å². The lowest BCUT2D eigenvalue weighted by Crippen LogP contribution is -2.49. The first-order chi connectivity index (χ1) is 56.3. The number of allylic oxidation sites excluding steroid dienone is 7. The average molecular weight is 1650 g/mol. The van der Waals surface area contributed by atoms with Crippen LogP contribution >= 0.6 is 34.8 Å². The molecule has 3 aliphatic carbocycles. The first-order valence-electron chi connectivity index (χ1n) is 39.0. The number of fused-ring (bicyclic) bond motifs is 6. The third kappa shape index (κ3) is 18.2. The number of aliphatic hydroxyl groups is 3. The Morgan fingerprint density at radius 1 is 0.496 bits per heavy atom. The third-order valence-electron chi connectivity index (χ3n) is 21.8. The molecular formula is C87H92Cl3F3N16O8. The maximum Gasteiger partial charge on any atom is 0.246 e.